The van der Waals surface area contributed by atoms with Crippen molar-refractivity contribution in [2.75, 3.05) is 53.9 Å². The van der Waals surface area contributed by atoms with Crippen LogP contribution in [0.2, 0.25) is 0 Å². The van der Waals surface area contributed by atoms with Gasteiger partial charge in [0.05, 0.1) is 48.0 Å². The Kier molecular flexibility index (Phi) is 7.95. The fourth-order valence-electron chi connectivity index (χ4n) is 11.5. The summed E-state index contributed by atoms with van der Waals surface area (Å²) < 4.78 is 76.0. The van der Waals surface area contributed by atoms with E-state index in [0.29, 0.717) is 48.6 Å². The van der Waals surface area contributed by atoms with E-state index in [1.54, 1.807) is 12.0 Å². The van der Waals surface area contributed by atoms with Gasteiger partial charge >= 0.3 is 16.4 Å². The number of alkyl halides is 3. The van der Waals surface area contributed by atoms with E-state index in [-0.39, 0.29) is 32.1 Å². The molecule has 2 unspecified atom stereocenters. The van der Waals surface area contributed by atoms with Gasteiger partial charge in [0, 0.05) is 50.7 Å². The zero-order valence-electron chi connectivity index (χ0n) is 30.8. The summed E-state index contributed by atoms with van der Waals surface area (Å²) in [6, 6.07) is 6.26. The van der Waals surface area contributed by atoms with Gasteiger partial charge in [-0.2, -0.15) is 25.9 Å². The van der Waals surface area contributed by atoms with Gasteiger partial charge in [0.25, 0.3) is 5.91 Å². The molecule has 0 spiro atoms. The van der Waals surface area contributed by atoms with Crippen LogP contribution in [0.15, 0.2) is 52.6 Å². The SMILES string of the molecule is COc1ccc(C2CCCCC2)c2c1cc1n2CC2=C(C(=O)NS(=O)(=O)N(C)C)C2=C2C=CC[C@@H](C(=O)N3CC45CCC4(C3)C[N+]([O-])(CC(F)(F)F)C5)[C@@H]21. The second-order valence-corrected chi connectivity index (χ2v) is 19.0. The lowest BCUT2D eigenvalue weighted by molar-refractivity contribution is -0.884. The number of nitrogens with one attached hydrogen (secondary N) is 1. The lowest BCUT2D eigenvalue weighted by Crippen LogP contribution is -2.50. The van der Waals surface area contributed by atoms with E-state index in [1.807, 2.05) is 18.2 Å². The Morgan fingerprint density at radius 1 is 1.09 bits per heavy atom. The summed E-state index contributed by atoms with van der Waals surface area (Å²) in [5, 5.41) is 14.4. The van der Waals surface area contributed by atoms with Crippen molar-refractivity contribution >= 4 is 32.9 Å². The highest BCUT2D eigenvalue weighted by molar-refractivity contribution is 7.87. The van der Waals surface area contributed by atoms with Crippen LogP contribution in [0, 0.1) is 22.0 Å². The van der Waals surface area contributed by atoms with E-state index in [1.165, 1.54) is 26.1 Å². The first-order valence-corrected chi connectivity index (χ1v) is 20.5. The predicted molar refractivity (Wildman–Crippen MR) is 194 cm³/mol. The maximum absolute atomic E-state index is 15.0. The van der Waals surface area contributed by atoms with Gasteiger partial charge in [-0.05, 0) is 72.4 Å². The summed E-state index contributed by atoms with van der Waals surface area (Å²) >= 11 is 0. The van der Waals surface area contributed by atoms with Crippen molar-refractivity contribution in [2.24, 2.45) is 16.7 Å². The van der Waals surface area contributed by atoms with Gasteiger partial charge in [0.1, 0.15) is 5.75 Å². The average Bonchev–Trinajstić information content (AvgIpc) is 3.63. The number of aromatic nitrogens is 1. The van der Waals surface area contributed by atoms with Crippen LogP contribution in [0.5, 0.6) is 5.75 Å². The van der Waals surface area contributed by atoms with Crippen LogP contribution in [0.1, 0.15) is 74.5 Å². The topological polar surface area (TPSA) is 124 Å². The van der Waals surface area contributed by atoms with Crippen LogP contribution < -0.4 is 9.46 Å². The number of carbonyl (C=O) groups is 2. The molecule has 1 aromatic carbocycles. The number of quaternary nitrogens is 1. The fourth-order valence-corrected chi connectivity index (χ4v) is 12.0. The number of benzene rings is 1. The summed E-state index contributed by atoms with van der Waals surface area (Å²) in [5.41, 5.74) is 4.35. The molecule has 2 saturated carbocycles. The van der Waals surface area contributed by atoms with E-state index in [2.05, 4.69) is 21.4 Å². The Labute approximate surface area is 312 Å². The molecule has 4 fully saturated rings. The zero-order valence-corrected chi connectivity index (χ0v) is 31.6. The van der Waals surface area contributed by atoms with Gasteiger partial charge in [-0.1, -0.05) is 37.5 Å². The number of halogens is 3. The minimum absolute atomic E-state index is 0.112. The van der Waals surface area contributed by atoms with Crippen LogP contribution in [-0.4, -0.2) is 98.8 Å². The third-order valence-corrected chi connectivity index (χ3v) is 15.3. The zero-order chi connectivity index (χ0) is 38.2. The fraction of sp³-hybridized carbons (Fsp3) is 0.590. The minimum atomic E-state index is -4.57. The van der Waals surface area contributed by atoms with Gasteiger partial charge < -0.3 is 24.1 Å². The van der Waals surface area contributed by atoms with E-state index < -0.39 is 56.1 Å². The van der Waals surface area contributed by atoms with E-state index in [4.69, 9.17) is 4.74 Å². The molecule has 0 bridgehead atoms. The molecule has 7 aliphatic rings. The van der Waals surface area contributed by atoms with Crippen LogP contribution in [0.4, 0.5) is 13.2 Å². The van der Waals surface area contributed by atoms with Crippen molar-refractivity contribution in [1.82, 2.24) is 18.5 Å². The Morgan fingerprint density at radius 3 is 2.39 bits per heavy atom. The van der Waals surface area contributed by atoms with Gasteiger partial charge in [-0.15, -0.1) is 0 Å². The number of allylic oxidation sites excluding steroid dienone is 4. The lowest BCUT2D eigenvalue weighted by Gasteiger charge is -2.45. The summed E-state index contributed by atoms with van der Waals surface area (Å²) in [7, 11) is 0.250. The minimum Gasteiger partial charge on any atom is -0.633 e. The second-order valence-electron chi connectivity index (χ2n) is 17.1. The summed E-state index contributed by atoms with van der Waals surface area (Å²) in [6.45, 7) is -0.855. The molecule has 4 heterocycles. The maximum Gasteiger partial charge on any atom is 0.438 e. The maximum atomic E-state index is 15.0. The standard InChI is InChI=1S/C39H46F3N5O6S/c1-44(2)54(51,52)43-35(48)33-28-17-46-29(16-27-30(53-3)13-12-24(34(27)46)23-8-5-4-6-9-23)31-25(32(28)33)10-7-11-26(31)36(49)45-18-37-14-15-38(37,19-45)21-47(50,20-37)22-39(40,41)42/h7,10,12-13,16,23,26,31H,4-6,8-9,11,14-15,17-22H2,1-3H3,(H,43,48)/t26-,31-,37?,38?,47?/m1/s1. The van der Waals surface area contributed by atoms with Crippen molar-refractivity contribution in [3.05, 3.63) is 69.1 Å². The molecule has 4 aliphatic carbocycles. The highest BCUT2D eigenvalue weighted by Crippen LogP contribution is 2.67. The monoisotopic (exact) mass is 769 g/mol. The Balaban J connectivity index is 1.14. The number of ether oxygens (including phenoxy) is 1. The Hall–Kier alpha value is -3.66. The van der Waals surface area contributed by atoms with Crippen LogP contribution in [0.25, 0.3) is 10.9 Å². The number of amides is 2. The number of fused-ring (bicyclic) bond motifs is 6. The lowest BCUT2D eigenvalue weighted by atomic mass is 9.53. The number of nitrogens with zero attached hydrogens (tertiary/aromatic N) is 4. The van der Waals surface area contributed by atoms with Crippen molar-refractivity contribution < 1.29 is 40.6 Å². The molecule has 1 aromatic heterocycles. The smallest absolute Gasteiger partial charge is 0.438 e. The van der Waals surface area contributed by atoms with Gasteiger partial charge in [0.15, 0.2) is 6.54 Å². The number of hydroxylamine groups is 3. The van der Waals surface area contributed by atoms with Crippen LogP contribution in [0.3, 0.4) is 0 Å². The molecule has 11 nitrogen and oxygen atoms in total. The van der Waals surface area contributed by atoms with Crippen LogP contribution in [-0.2, 0) is 26.3 Å². The second kappa shape index (κ2) is 11.9. The molecule has 9 rings (SSSR count). The number of methoxy groups -OCH3 is 1. The van der Waals surface area contributed by atoms with Crippen molar-refractivity contribution in [3.63, 3.8) is 0 Å². The summed E-state index contributed by atoms with van der Waals surface area (Å²) in [4.78, 5) is 30.5. The predicted octanol–water partition coefficient (Wildman–Crippen LogP) is 5.40. The number of carbonyl (C=O) groups excluding carboxylic acids is 2. The average molecular weight is 770 g/mol. The molecule has 4 atom stereocenters. The molecule has 0 radical (unpaired) electrons. The molecule has 1 N–H and O–H groups in total. The number of hydrogen-bond donors (Lipinski definition) is 1. The molecule has 15 heteroatoms. The quantitative estimate of drug-likeness (QED) is 0.298. The first kappa shape index (κ1) is 36.0. The molecule has 2 saturated heterocycles. The third-order valence-electron chi connectivity index (χ3n) is 13.9. The molecule has 290 valence electrons. The van der Waals surface area contributed by atoms with E-state index in [9.17, 15) is 36.4 Å². The molecular weight excluding hydrogens is 724 g/mol. The molecule has 3 aliphatic heterocycles. The molecule has 2 amide bonds. The molecular formula is C39H46F3N5O6S. The van der Waals surface area contributed by atoms with Crippen molar-refractivity contribution in [3.8, 4) is 5.75 Å². The van der Waals surface area contributed by atoms with Crippen LogP contribution >= 0.6 is 0 Å². The first-order valence-electron chi connectivity index (χ1n) is 19.0. The highest BCUT2D eigenvalue weighted by atomic mass is 32.2. The van der Waals surface area contributed by atoms with Crippen molar-refractivity contribution in [1.29, 1.82) is 0 Å². The molecule has 2 aromatic rings. The van der Waals surface area contributed by atoms with Crippen molar-refractivity contribution in [2.45, 2.75) is 75.9 Å². The first-order chi connectivity index (χ1) is 25.5. The largest absolute Gasteiger partial charge is 0.633 e. The Bertz CT molecular complexity index is 2180. The number of hydrogen-bond acceptors (Lipinski definition) is 6. The summed E-state index contributed by atoms with van der Waals surface area (Å²) in [6.07, 6.45) is 6.52. The number of rotatable bonds is 7. The third kappa shape index (κ3) is 5.35. The van der Waals surface area contributed by atoms with E-state index >= 15 is 0 Å². The van der Waals surface area contributed by atoms with E-state index in [0.717, 1.165) is 57.7 Å². The number of likely N-dealkylation sites (tertiary alicyclic amines) is 2. The Morgan fingerprint density at radius 2 is 1.78 bits per heavy atom. The van der Waals surface area contributed by atoms with Gasteiger partial charge in [0.2, 0.25) is 5.91 Å². The van der Waals surface area contributed by atoms with Gasteiger partial charge in [-0.3, -0.25) is 9.59 Å². The molecule has 54 heavy (non-hydrogen) atoms. The van der Waals surface area contributed by atoms with Gasteiger partial charge in [-0.25, -0.2) is 4.72 Å². The summed E-state index contributed by atoms with van der Waals surface area (Å²) in [5.74, 6) is -0.883. The highest BCUT2D eigenvalue weighted by Gasteiger charge is 2.74. The normalized spacial score (nSPS) is 31.8.